The Bertz CT molecular complexity index is 598. The average Bonchev–Trinajstić information content (AvgIpc) is 2.37. The number of carbonyl (C=O) groups is 1. The molecule has 3 nitrogen and oxygen atoms in total. The summed E-state index contributed by atoms with van der Waals surface area (Å²) in [6.07, 6.45) is 1.73. The molecule has 19 heavy (non-hydrogen) atoms. The first-order chi connectivity index (χ1) is 9.11. The fourth-order valence-corrected chi connectivity index (χ4v) is 2.22. The number of aromatic nitrogens is 1. The molecule has 4 heteroatoms. The fourth-order valence-electron chi connectivity index (χ4n) is 2.02. The summed E-state index contributed by atoms with van der Waals surface area (Å²) in [4.78, 5) is 16.4. The van der Waals surface area contributed by atoms with Crippen molar-refractivity contribution in [2.45, 2.75) is 32.8 Å². The molecule has 1 heterocycles. The van der Waals surface area contributed by atoms with Crippen LogP contribution in [0.2, 0.25) is 5.15 Å². The first-order valence-electron chi connectivity index (χ1n) is 6.38. The Morgan fingerprint density at radius 1 is 1.42 bits per heavy atom. The second-order valence-electron chi connectivity index (χ2n) is 4.51. The molecule has 1 aromatic carbocycles. The van der Waals surface area contributed by atoms with Crippen LogP contribution in [0, 0.1) is 0 Å². The van der Waals surface area contributed by atoms with Crippen molar-refractivity contribution in [3.63, 3.8) is 0 Å². The summed E-state index contributed by atoms with van der Waals surface area (Å²) in [5.74, 6) is -0.346. The Labute approximate surface area is 117 Å². The topological polar surface area (TPSA) is 39.2 Å². The normalized spacial score (nSPS) is 12.4. The van der Waals surface area contributed by atoms with E-state index in [1.807, 2.05) is 31.2 Å². The highest BCUT2D eigenvalue weighted by Crippen LogP contribution is 2.22. The maximum atomic E-state index is 12.2. The predicted molar refractivity (Wildman–Crippen MR) is 76.5 cm³/mol. The smallest absolute Gasteiger partial charge is 0.339 e. The average molecular weight is 278 g/mol. The number of nitrogens with zero attached hydrogens (tertiary/aromatic N) is 1. The lowest BCUT2D eigenvalue weighted by Gasteiger charge is -2.13. The summed E-state index contributed by atoms with van der Waals surface area (Å²) in [6, 6.07) is 8.96. The second kappa shape index (κ2) is 6.02. The van der Waals surface area contributed by atoms with Crippen LogP contribution in [0.3, 0.4) is 0 Å². The molecule has 0 spiro atoms. The minimum absolute atomic E-state index is 0.0943. The fraction of sp³-hybridized carbons (Fsp3) is 0.333. The van der Waals surface area contributed by atoms with E-state index in [1.54, 1.807) is 6.07 Å². The van der Waals surface area contributed by atoms with E-state index in [0.717, 1.165) is 18.2 Å². The summed E-state index contributed by atoms with van der Waals surface area (Å²) in [5, 5.41) is 1.06. The molecule has 1 unspecified atom stereocenters. The minimum atomic E-state index is -0.346. The van der Waals surface area contributed by atoms with Gasteiger partial charge < -0.3 is 4.74 Å². The van der Waals surface area contributed by atoms with E-state index in [-0.39, 0.29) is 12.1 Å². The van der Waals surface area contributed by atoms with Crippen LogP contribution in [-0.2, 0) is 4.74 Å². The molecule has 0 aliphatic carbocycles. The Morgan fingerprint density at radius 2 is 2.16 bits per heavy atom. The third kappa shape index (κ3) is 3.24. The molecule has 2 aromatic rings. The molecule has 0 bridgehead atoms. The number of hydrogen-bond acceptors (Lipinski definition) is 3. The Morgan fingerprint density at radius 3 is 2.89 bits per heavy atom. The number of halogens is 1. The van der Waals surface area contributed by atoms with Gasteiger partial charge in [0.15, 0.2) is 0 Å². The summed E-state index contributed by atoms with van der Waals surface area (Å²) in [7, 11) is 0. The van der Waals surface area contributed by atoms with Crippen molar-refractivity contribution in [2.75, 3.05) is 0 Å². The molecule has 100 valence electrons. The van der Waals surface area contributed by atoms with Crippen molar-refractivity contribution in [1.82, 2.24) is 4.98 Å². The standard InChI is InChI=1S/C15H16ClNO2/c1-3-6-10(2)19-15(18)12-9-14(16)17-13-8-5-4-7-11(12)13/h4-5,7-10H,3,6H2,1-2H3. The molecular weight excluding hydrogens is 262 g/mol. The van der Waals surface area contributed by atoms with E-state index in [9.17, 15) is 4.79 Å². The lowest BCUT2D eigenvalue weighted by molar-refractivity contribution is 0.0326. The van der Waals surface area contributed by atoms with Gasteiger partial charge in [-0.1, -0.05) is 43.1 Å². The third-order valence-corrected chi connectivity index (χ3v) is 3.10. The van der Waals surface area contributed by atoms with Crippen LogP contribution in [0.1, 0.15) is 37.0 Å². The maximum absolute atomic E-state index is 12.2. The van der Waals surface area contributed by atoms with Gasteiger partial charge in [0.2, 0.25) is 0 Å². The van der Waals surface area contributed by atoms with Crippen LogP contribution >= 0.6 is 11.6 Å². The van der Waals surface area contributed by atoms with Gasteiger partial charge in [0.25, 0.3) is 0 Å². The molecule has 0 amide bonds. The molecule has 0 aliphatic rings. The van der Waals surface area contributed by atoms with Gasteiger partial charge in [0.1, 0.15) is 5.15 Å². The zero-order valence-corrected chi connectivity index (χ0v) is 11.8. The number of hydrogen-bond donors (Lipinski definition) is 0. The lowest BCUT2D eigenvalue weighted by Crippen LogP contribution is -2.15. The highest BCUT2D eigenvalue weighted by Gasteiger charge is 2.16. The van der Waals surface area contributed by atoms with Crippen LogP contribution in [0.15, 0.2) is 30.3 Å². The Hall–Kier alpha value is -1.61. The molecule has 0 radical (unpaired) electrons. The van der Waals surface area contributed by atoms with Gasteiger partial charge in [-0.3, -0.25) is 0 Å². The number of fused-ring (bicyclic) bond motifs is 1. The van der Waals surface area contributed by atoms with E-state index in [0.29, 0.717) is 16.2 Å². The van der Waals surface area contributed by atoms with Crippen molar-refractivity contribution in [2.24, 2.45) is 0 Å². The van der Waals surface area contributed by atoms with Crippen molar-refractivity contribution >= 4 is 28.5 Å². The van der Waals surface area contributed by atoms with E-state index in [1.165, 1.54) is 0 Å². The Kier molecular flexibility index (Phi) is 4.38. The summed E-state index contributed by atoms with van der Waals surface area (Å²) in [5.41, 5.74) is 1.17. The number of pyridine rings is 1. The van der Waals surface area contributed by atoms with Gasteiger partial charge >= 0.3 is 5.97 Å². The number of ether oxygens (including phenoxy) is 1. The first-order valence-corrected chi connectivity index (χ1v) is 6.76. The summed E-state index contributed by atoms with van der Waals surface area (Å²) in [6.45, 7) is 3.95. The van der Waals surface area contributed by atoms with Crippen LogP contribution < -0.4 is 0 Å². The molecule has 0 saturated heterocycles. The number of carbonyl (C=O) groups excluding carboxylic acids is 1. The quantitative estimate of drug-likeness (QED) is 0.620. The first kappa shape index (κ1) is 13.8. The predicted octanol–water partition coefficient (Wildman–Crippen LogP) is 4.23. The van der Waals surface area contributed by atoms with Gasteiger partial charge in [0, 0.05) is 5.39 Å². The highest BCUT2D eigenvalue weighted by molar-refractivity contribution is 6.30. The number of esters is 1. The minimum Gasteiger partial charge on any atom is -0.459 e. The summed E-state index contributed by atoms with van der Waals surface area (Å²) >= 11 is 5.95. The van der Waals surface area contributed by atoms with Gasteiger partial charge in [-0.15, -0.1) is 0 Å². The van der Waals surface area contributed by atoms with Crippen LogP contribution in [0.4, 0.5) is 0 Å². The zero-order chi connectivity index (χ0) is 13.8. The molecule has 1 aromatic heterocycles. The molecule has 1 atom stereocenters. The molecule has 0 saturated carbocycles. The van der Waals surface area contributed by atoms with Crippen LogP contribution in [0.25, 0.3) is 10.9 Å². The SMILES string of the molecule is CCCC(C)OC(=O)c1cc(Cl)nc2ccccc12. The van der Waals surface area contributed by atoms with E-state index in [2.05, 4.69) is 11.9 Å². The monoisotopic (exact) mass is 277 g/mol. The number of benzene rings is 1. The Balaban J connectivity index is 2.36. The largest absolute Gasteiger partial charge is 0.459 e. The van der Waals surface area contributed by atoms with Crippen LogP contribution in [0.5, 0.6) is 0 Å². The number of rotatable bonds is 4. The van der Waals surface area contributed by atoms with Crippen molar-refractivity contribution < 1.29 is 9.53 Å². The number of para-hydroxylation sites is 1. The van der Waals surface area contributed by atoms with Gasteiger partial charge in [-0.2, -0.15) is 0 Å². The van der Waals surface area contributed by atoms with Crippen molar-refractivity contribution in [3.05, 3.63) is 41.0 Å². The van der Waals surface area contributed by atoms with E-state index < -0.39 is 0 Å². The molecular formula is C15H16ClNO2. The third-order valence-electron chi connectivity index (χ3n) is 2.91. The zero-order valence-electron chi connectivity index (χ0n) is 11.0. The molecule has 0 N–H and O–H groups in total. The molecule has 0 aliphatic heterocycles. The molecule has 2 rings (SSSR count). The van der Waals surface area contributed by atoms with E-state index >= 15 is 0 Å². The van der Waals surface area contributed by atoms with Gasteiger partial charge in [0.05, 0.1) is 17.2 Å². The second-order valence-corrected chi connectivity index (χ2v) is 4.90. The van der Waals surface area contributed by atoms with E-state index in [4.69, 9.17) is 16.3 Å². The van der Waals surface area contributed by atoms with Crippen LogP contribution in [-0.4, -0.2) is 17.1 Å². The highest BCUT2D eigenvalue weighted by atomic mass is 35.5. The summed E-state index contributed by atoms with van der Waals surface area (Å²) < 4.78 is 5.41. The van der Waals surface area contributed by atoms with Gasteiger partial charge in [-0.05, 0) is 25.5 Å². The lowest BCUT2D eigenvalue weighted by atomic mass is 10.1. The maximum Gasteiger partial charge on any atom is 0.339 e. The van der Waals surface area contributed by atoms with Gasteiger partial charge in [-0.25, -0.2) is 9.78 Å². The van der Waals surface area contributed by atoms with Crippen molar-refractivity contribution in [3.8, 4) is 0 Å². The molecule has 0 fully saturated rings. The van der Waals surface area contributed by atoms with Crippen molar-refractivity contribution in [1.29, 1.82) is 0 Å².